The van der Waals surface area contributed by atoms with E-state index in [1.165, 1.54) is 0 Å². The summed E-state index contributed by atoms with van der Waals surface area (Å²) >= 11 is 0. The molecular weight excluding hydrogens is 276 g/mol. The van der Waals surface area contributed by atoms with E-state index in [0.29, 0.717) is 6.54 Å². The molecule has 0 unspecified atom stereocenters. The molecule has 0 atom stereocenters. The Hall–Kier alpha value is -0.330. The molecule has 0 heterocycles. The lowest BCUT2D eigenvalue weighted by Crippen LogP contribution is -2.45. The summed E-state index contributed by atoms with van der Waals surface area (Å²) in [5, 5.41) is 2.71. The van der Waals surface area contributed by atoms with Crippen LogP contribution in [-0.4, -0.2) is 38.9 Å². The minimum absolute atomic E-state index is 0. The Bertz CT molecular complexity index is 364. The van der Waals surface area contributed by atoms with Gasteiger partial charge in [0, 0.05) is 18.8 Å². The summed E-state index contributed by atoms with van der Waals surface area (Å²) in [6.45, 7) is 2.14. The van der Waals surface area contributed by atoms with E-state index in [2.05, 4.69) is 5.32 Å². The summed E-state index contributed by atoms with van der Waals surface area (Å²) in [5.41, 5.74) is 5.23. The zero-order valence-electron chi connectivity index (χ0n) is 10.8. The minimum Gasteiger partial charge on any atom is -0.355 e. The van der Waals surface area contributed by atoms with Crippen LogP contribution in [0.3, 0.4) is 0 Å². The van der Waals surface area contributed by atoms with Gasteiger partial charge in [0.05, 0.1) is 11.2 Å². The van der Waals surface area contributed by atoms with Gasteiger partial charge in [-0.1, -0.05) is 19.8 Å². The third-order valence-electron chi connectivity index (χ3n) is 3.57. The fourth-order valence-corrected chi connectivity index (χ4v) is 2.93. The monoisotopic (exact) mass is 298 g/mol. The molecule has 0 saturated heterocycles. The van der Waals surface area contributed by atoms with Crippen LogP contribution in [-0.2, 0) is 14.6 Å². The largest absolute Gasteiger partial charge is 0.355 e. The molecule has 0 bridgehead atoms. The second kappa shape index (κ2) is 7.31. The van der Waals surface area contributed by atoms with E-state index in [4.69, 9.17) is 5.73 Å². The molecule has 3 N–H and O–H groups in total. The second-order valence-electron chi connectivity index (χ2n) is 4.68. The highest BCUT2D eigenvalue weighted by Gasteiger charge is 2.39. The number of nitrogens with two attached hydrogens (primary N) is 1. The van der Waals surface area contributed by atoms with Crippen LogP contribution in [0.5, 0.6) is 0 Å². The van der Waals surface area contributed by atoms with Crippen LogP contribution in [0.25, 0.3) is 0 Å². The Labute approximate surface area is 115 Å². The maximum absolute atomic E-state index is 12.0. The number of rotatable bonds is 6. The van der Waals surface area contributed by atoms with Crippen molar-refractivity contribution in [2.75, 3.05) is 24.6 Å². The highest BCUT2D eigenvalue weighted by molar-refractivity contribution is 7.91. The van der Waals surface area contributed by atoms with Gasteiger partial charge >= 0.3 is 0 Å². The Kier molecular flexibility index (Phi) is 7.17. The van der Waals surface area contributed by atoms with E-state index in [-0.39, 0.29) is 36.4 Å². The van der Waals surface area contributed by atoms with Crippen molar-refractivity contribution >= 4 is 28.2 Å². The molecule has 1 aliphatic rings. The standard InChI is InChI=1S/C11H22N2O3S.ClH/c1-2-17(15,16)8-7-13-10(14)11(9-12)5-3-4-6-11;/h2-9,12H2,1H3,(H,13,14);1H. The smallest absolute Gasteiger partial charge is 0.227 e. The van der Waals surface area contributed by atoms with Crippen molar-refractivity contribution in [3.05, 3.63) is 0 Å². The van der Waals surface area contributed by atoms with E-state index in [1.54, 1.807) is 6.92 Å². The molecule has 0 aromatic carbocycles. The maximum Gasteiger partial charge on any atom is 0.227 e. The fourth-order valence-electron chi connectivity index (χ4n) is 2.23. The molecule has 7 heteroatoms. The second-order valence-corrected chi connectivity index (χ2v) is 7.16. The van der Waals surface area contributed by atoms with Gasteiger partial charge in [0.1, 0.15) is 0 Å². The minimum atomic E-state index is -3.01. The zero-order chi connectivity index (χ0) is 12.9. The van der Waals surface area contributed by atoms with Crippen molar-refractivity contribution in [2.24, 2.45) is 11.1 Å². The number of nitrogens with one attached hydrogen (secondary N) is 1. The van der Waals surface area contributed by atoms with Gasteiger partial charge in [0.2, 0.25) is 5.91 Å². The summed E-state index contributed by atoms with van der Waals surface area (Å²) in [5.74, 6) is 0.0460. The molecule has 5 nitrogen and oxygen atoms in total. The number of hydrogen-bond donors (Lipinski definition) is 2. The molecule has 0 aromatic rings. The van der Waals surface area contributed by atoms with E-state index < -0.39 is 15.3 Å². The molecule has 1 saturated carbocycles. The SMILES string of the molecule is CCS(=O)(=O)CCNC(=O)C1(CN)CCCC1.Cl. The number of halogens is 1. The first-order valence-electron chi connectivity index (χ1n) is 6.14. The maximum atomic E-state index is 12.0. The summed E-state index contributed by atoms with van der Waals surface area (Å²) in [6.07, 6.45) is 3.68. The van der Waals surface area contributed by atoms with Gasteiger partial charge < -0.3 is 11.1 Å². The molecule has 1 amide bonds. The summed E-state index contributed by atoms with van der Waals surface area (Å²) in [6, 6.07) is 0. The van der Waals surface area contributed by atoms with Gasteiger partial charge in [-0.2, -0.15) is 0 Å². The van der Waals surface area contributed by atoms with Gasteiger partial charge in [-0.3, -0.25) is 4.79 Å². The predicted octanol–water partition coefficient (Wildman–Crippen LogP) is 0.478. The zero-order valence-corrected chi connectivity index (χ0v) is 12.4. The lowest BCUT2D eigenvalue weighted by atomic mass is 9.85. The van der Waals surface area contributed by atoms with Crippen LogP contribution in [0.1, 0.15) is 32.6 Å². The average Bonchev–Trinajstić information content (AvgIpc) is 2.78. The van der Waals surface area contributed by atoms with Crippen molar-refractivity contribution in [3.8, 4) is 0 Å². The van der Waals surface area contributed by atoms with E-state index in [0.717, 1.165) is 25.7 Å². The Morgan fingerprint density at radius 3 is 2.33 bits per heavy atom. The molecular formula is C11H23ClN2O3S. The first kappa shape index (κ1) is 17.7. The van der Waals surface area contributed by atoms with Crippen LogP contribution in [0.4, 0.5) is 0 Å². The van der Waals surface area contributed by atoms with Crippen LogP contribution in [0.2, 0.25) is 0 Å². The van der Waals surface area contributed by atoms with Crippen molar-refractivity contribution in [1.82, 2.24) is 5.32 Å². The van der Waals surface area contributed by atoms with Gasteiger partial charge in [0.25, 0.3) is 0 Å². The quantitative estimate of drug-likeness (QED) is 0.746. The van der Waals surface area contributed by atoms with Crippen LogP contribution in [0.15, 0.2) is 0 Å². The van der Waals surface area contributed by atoms with Crippen molar-refractivity contribution < 1.29 is 13.2 Å². The van der Waals surface area contributed by atoms with Crippen LogP contribution >= 0.6 is 12.4 Å². The Morgan fingerprint density at radius 1 is 1.33 bits per heavy atom. The van der Waals surface area contributed by atoms with Crippen LogP contribution < -0.4 is 11.1 Å². The molecule has 1 aliphatic carbocycles. The summed E-state index contributed by atoms with van der Waals surface area (Å²) in [4.78, 5) is 12.0. The highest BCUT2D eigenvalue weighted by Crippen LogP contribution is 2.37. The summed E-state index contributed by atoms with van der Waals surface area (Å²) < 4.78 is 22.6. The van der Waals surface area contributed by atoms with Gasteiger partial charge in [0.15, 0.2) is 9.84 Å². The van der Waals surface area contributed by atoms with Gasteiger partial charge in [-0.05, 0) is 12.8 Å². The number of sulfone groups is 1. The van der Waals surface area contributed by atoms with Gasteiger partial charge in [-0.25, -0.2) is 8.42 Å². The van der Waals surface area contributed by atoms with E-state index in [1.807, 2.05) is 0 Å². The van der Waals surface area contributed by atoms with Crippen molar-refractivity contribution in [2.45, 2.75) is 32.6 Å². The molecule has 0 radical (unpaired) electrons. The number of carbonyl (C=O) groups is 1. The molecule has 0 aliphatic heterocycles. The topological polar surface area (TPSA) is 89.3 Å². The Morgan fingerprint density at radius 2 is 1.89 bits per heavy atom. The fraction of sp³-hybridized carbons (Fsp3) is 0.909. The Balaban J connectivity index is 0.00000289. The number of amides is 1. The third kappa shape index (κ3) is 4.40. The van der Waals surface area contributed by atoms with Crippen molar-refractivity contribution in [3.63, 3.8) is 0 Å². The molecule has 0 spiro atoms. The van der Waals surface area contributed by atoms with Crippen LogP contribution in [0, 0.1) is 5.41 Å². The van der Waals surface area contributed by atoms with Crippen molar-refractivity contribution in [1.29, 1.82) is 0 Å². The van der Waals surface area contributed by atoms with Gasteiger partial charge in [-0.15, -0.1) is 12.4 Å². The number of carbonyl (C=O) groups excluding carboxylic acids is 1. The average molecular weight is 299 g/mol. The molecule has 1 fully saturated rings. The highest BCUT2D eigenvalue weighted by atomic mass is 35.5. The van der Waals surface area contributed by atoms with E-state index >= 15 is 0 Å². The predicted molar refractivity (Wildman–Crippen MR) is 74.5 cm³/mol. The first-order chi connectivity index (χ1) is 7.96. The first-order valence-corrected chi connectivity index (χ1v) is 7.97. The lowest BCUT2D eigenvalue weighted by Gasteiger charge is -2.25. The third-order valence-corrected chi connectivity index (χ3v) is 5.28. The summed E-state index contributed by atoms with van der Waals surface area (Å²) in [7, 11) is -3.01. The normalized spacial score (nSPS) is 18.1. The number of hydrogen-bond acceptors (Lipinski definition) is 4. The molecule has 0 aromatic heterocycles. The lowest BCUT2D eigenvalue weighted by molar-refractivity contribution is -0.130. The molecule has 1 rings (SSSR count). The molecule has 108 valence electrons. The molecule has 18 heavy (non-hydrogen) atoms. The van der Waals surface area contributed by atoms with E-state index in [9.17, 15) is 13.2 Å².